The number of methoxy groups -OCH3 is 1. The van der Waals surface area contributed by atoms with E-state index >= 15 is 0 Å². The first-order valence-corrected chi connectivity index (χ1v) is 9.36. The fourth-order valence-corrected chi connectivity index (χ4v) is 4.25. The largest absolute Gasteiger partial charge is 0.496 e. The third kappa shape index (κ3) is 2.76. The van der Waals surface area contributed by atoms with Crippen LogP contribution in [0, 0.1) is 0 Å². The molecule has 1 saturated heterocycles. The topological polar surface area (TPSA) is 75.7 Å². The monoisotopic (exact) mass is 378 g/mol. The fraction of sp³-hybridized carbons (Fsp3) is 0.318. The molecule has 1 aliphatic heterocycles. The summed E-state index contributed by atoms with van der Waals surface area (Å²) in [4.78, 5) is 39.2. The average molecular weight is 378 g/mol. The van der Waals surface area contributed by atoms with Gasteiger partial charge >= 0.3 is 6.03 Å². The molecule has 1 aliphatic carbocycles. The van der Waals surface area contributed by atoms with Gasteiger partial charge in [0.2, 0.25) is 0 Å². The maximum absolute atomic E-state index is 13.4. The van der Waals surface area contributed by atoms with Gasteiger partial charge in [-0.3, -0.25) is 14.5 Å². The number of fused-ring (bicyclic) bond motifs is 2. The number of carbonyl (C=O) groups excluding carboxylic acids is 3. The van der Waals surface area contributed by atoms with Crippen LogP contribution in [0.1, 0.15) is 46.8 Å². The van der Waals surface area contributed by atoms with Crippen molar-refractivity contribution in [3.05, 3.63) is 64.7 Å². The molecule has 6 nitrogen and oxygen atoms in total. The zero-order valence-electron chi connectivity index (χ0n) is 16.0. The molecular weight excluding hydrogens is 356 g/mol. The van der Waals surface area contributed by atoms with Gasteiger partial charge in [0, 0.05) is 11.1 Å². The minimum Gasteiger partial charge on any atom is -0.496 e. The summed E-state index contributed by atoms with van der Waals surface area (Å²) in [5.41, 5.74) is 2.12. The summed E-state index contributed by atoms with van der Waals surface area (Å²) < 4.78 is 5.37. The fourth-order valence-electron chi connectivity index (χ4n) is 4.25. The van der Waals surface area contributed by atoms with Gasteiger partial charge in [-0.2, -0.15) is 0 Å². The molecule has 1 atom stereocenters. The maximum Gasteiger partial charge on any atom is 0.325 e. The number of imide groups is 1. The smallest absolute Gasteiger partial charge is 0.325 e. The standard InChI is InChI=1S/C22H22N2O4/c1-14(25)16-9-10-19(28-2)17(12-16)13-24-20(26)22(23-21(24)27)11-5-7-15-6-3-4-8-18(15)22/h3-4,6,8-10,12H,5,7,11,13H2,1-2H3,(H,23,27)/t22-/m1/s1. The molecule has 0 unspecified atom stereocenters. The van der Waals surface area contributed by atoms with Gasteiger partial charge in [-0.1, -0.05) is 24.3 Å². The van der Waals surface area contributed by atoms with Gasteiger partial charge in [-0.05, 0) is 55.5 Å². The number of amides is 3. The Balaban J connectivity index is 1.71. The number of benzene rings is 2. The number of ketones is 1. The number of urea groups is 1. The molecule has 0 radical (unpaired) electrons. The molecule has 4 rings (SSSR count). The van der Waals surface area contributed by atoms with Crippen molar-refractivity contribution in [1.82, 2.24) is 10.2 Å². The number of ether oxygens (including phenoxy) is 1. The zero-order valence-corrected chi connectivity index (χ0v) is 16.0. The average Bonchev–Trinajstić information content (AvgIpc) is 2.93. The lowest BCUT2D eigenvalue weighted by molar-refractivity contribution is -0.132. The van der Waals surface area contributed by atoms with Crippen LogP contribution in [0.2, 0.25) is 0 Å². The number of Topliss-reactive ketones (excluding diaryl/α,β-unsaturated/α-hetero) is 1. The number of aryl methyl sites for hydroxylation is 1. The van der Waals surface area contributed by atoms with E-state index in [0.29, 0.717) is 23.3 Å². The summed E-state index contributed by atoms with van der Waals surface area (Å²) in [6.07, 6.45) is 2.31. The SMILES string of the molecule is COc1ccc(C(C)=O)cc1CN1C(=O)N[C@@]2(CCCc3ccccc32)C1=O. The molecule has 0 bridgehead atoms. The van der Waals surface area contributed by atoms with Crippen molar-refractivity contribution in [3.63, 3.8) is 0 Å². The van der Waals surface area contributed by atoms with Gasteiger partial charge in [0.25, 0.3) is 5.91 Å². The first kappa shape index (κ1) is 18.2. The molecule has 1 heterocycles. The van der Waals surface area contributed by atoms with Crippen LogP contribution in [-0.4, -0.2) is 29.7 Å². The number of nitrogens with zero attached hydrogens (tertiary/aromatic N) is 1. The second-order valence-corrected chi connectivity index (χ2v) is 7.32. The Morgan fingerprint density at radius 2 is 2.00 bits per heavy atom. The lowest BCUT2D eigenvalue weighted by Crippen LogP contribution is -2.46. The van der Waals surface area contributed by atoms with E-state index in [0.717, 1.165) is 24.0 Å². The van der Waals surface area contributed by atoms with Gasteiger partial charge in [0.1, 0.15) is 11.3 Å². The lowest BCUT2D eigenvalue weighted by atomic mass is 9.76. The summed E-state index contributed by atoms with van der Waals surface area (Å²) in [5.74, 6) is 0.203. The molecular formula is C22H22N2O4. The Morgan fingerprint density at radius 1 is 1.21 bits per heavy atom. The summed E-state index contributed by atoms with van der Waals surface area (Å²) in [6, 6.07) is 12.4. The summed E-state index contributed by atoms with van der Waals surface area (Å²) >= 11 is 0. The van der Waals surface area contributed by atoms with E-state index in [1.165, 1.54) is 18.9 Å². The Morgan fingerprint density at radius 3 is 2.75 bits per heavy atom. The number of nitrogens with one attached hydrogen (secondary N) is 1. The van der Waals surface area contributed by atoms with E-state index in [1.54, 1.807) is 18.2 Å². The first-order valence-electron chi connectivity index (χ1n) is 9.36. The Hall–Kier alpha value is -3.15. The van der Waals surface area contributed by atoms with Crippen LogP contribution >= 0.6 is 0 Å². The molecule has 3 amide bonds. The van der Waals surface area contributed by atoms with E-state index in [1.807, 2.05) is 24.3 Å². The van der Waals surface area contributed by atoms with E-state index in [-0.39, 0.29) is 18.2 Å². The summed E-state index contributed by atoms with van der Waals surface area (Å²) in [6.45, 7) is 1.53. The molecule has 6 heteroatoms. The van der Waals surface area contributed by atoms with Gasteiger partial charge in [0.05, 0.1) is 13.7 Å². The second kappa shape index (κ2) is 6.78. The van der Waals surface area contributed by atoms with Crippen molar-refractivity contribution >= 4 is 17.7 Å². The molecule has 1 N–H and O–H groups in total. The lowest BCUT2D eigenvalue weighted by Gasteiger charge is -2.33. The van der Waals surface area contributed by atoms with Gasteiger partial charge in [-0.15, -0.1) is 0 Å². The molecule has 2 aliphatic rings. The molecule has 1 fully saturated rings. The minimum atomic E-state index is -1.00. The molecule has 144 valence electrons. The van der Waals surface area contributed by atoms with Crippen molar-refractivity contribution in [2.45, 2.75) is 38.3 Å². The Labute approximate surface area is 163 Å². The van der Waals surface area contributed by atoms with Crippen LogP contribution in [0.3, 0.4) is 0 Å². The van der Waals surface area contributed by atoms with Crippen molar-refractivity contribution < 1.29 is 19.1 Å². The van der Waals surface area contributed by atoms with E-state index < -0.39 is 11.6 Å². The highest BCUT2D eigenvalue weighted by atomic mass is 16.5. The highest BCUT2D eigenvalue weighted by Crippen LogP contribution is 2.40. The highest BCUT2D eigenvalue weighted by Gasteiger charge is 2.53. The Kier molecular flexibility index (Phi) is 4.41. The van der Waals surface area contributed by atoms with Crippen LogP contribution in [-0.2, 0) is 23.3 Å². The molecule has 2 aromatic carbocycles. The van der Waals surface area contributed by atoms with Crippen LogP contribution in [0.5, 0.6) is 5.75 Å². The number of rotatable bonds is 4. The van der Waals surface area contributed by atoms with Crippen LogP contribution < -0.4 is 10.1 Å². The molecule has 0 aromatic heterocycles. The van der Waals surface area contributed by atoms with E-state index in [9.17, 15) is 14.4 Å². The van der Waals surface area contributed by atoms with Crippen molar-refractivity contribution in [3.8, 4) is 5.75 Å². The molecule has 0 saturated carbocycles. The Bertz CT molecular complexity index is 984. The molecule has 2 aromatic rings. The van der Waals surface area contributed by atoms with Crippen LogP contribution in [0.15, 0.2) is 42.5 Å². The van der Waals surface area contributed by atoms with Crippen LogP contribution in [0.25, 0.3) is 0 Å². The third-order valence-corrected chi connectivity index (χ3v) is 5.67. The van der Waals surface area contributed by atoms with Crippen molar-refractivity contribution in [1.29, 1.82) is 0 Å². The number of hydrogen-bond donors (Lipinski definition) is 1. The van der Waals surface area contributed by atoms with Gasteiger partial charge < -0.3 is 10.1 Å². The highest BCUT2D eigenvalue weighted by molar-refractivity contribution is 6.07. The van der Waals surface area contributed by atoms with E-state index in [4.69, 9.17) is 4.74 Å². The summed E-state index contributed by atoms with van der Waals surface area (Å²) in [5, 5.41) is 2.95. The molecule has 1 spiro atoms. The van der Waals surface area contributed by atoms with Crippen molar-refractivity contribution in [2.75, 3.05) is 7.11 Å². The first-order chi connectivity index (χ1) is 13.5. The van der Waals surface area contributed by atoms with Crippen molar-refractivity contribution in [2.24, 2.45) is 0 Å². The van der Waals surface area contributed by atoms with E-state index in [2.05, 4.69) is 5.32 Å². The minimum absolute atomic E-state index is 0.0544. The third-order valence-electron chi connectivity index (χ3n) is 5.67. The molecule has 28 heavy (non-hydrogen) atoms. The predicted molar refractivity (Wildman–Crippen MR) is 103 cm³/mol. The maximum atomic E-state index is 13.4. The zero-order chi connectivity index (χ0) is 19.9. The predicted octanol–water partition coefficient (Wildman–Crippen LogP) is 3.18. The number of carbonyl (C=O) groups is 3. The quantitative estimate of drug-likeness (QED) is 0.655. The van der Waals surface area contributed by atoms with Gasteiger partial charge in [0.15, 0.2) is 5.78 Å². The van der Waals surface area contributed by atoms with Gasteiger partial charge in [-0.25, -0.2) is 4.79 Å². The number of hydrogen-bond acceptors (Lipinski definition) is 4. The normalized spacial score (nSPS) is 20.9. The second-order valence-electron chi connectivity index (χ2n) is 7.32. The van der Waals surface area contributed by atoms with Crippen LogP contribution in [0.4, 0.5) is 4.79 Å². The summed E-state index contributed by atoms with van der Waals surface area (Å²) in [7, 11) is 1.52.